The molecule has 0 heterocycles. The Morgan fingerprint density at radius 3 is 1.50 bits per heavy atom. The van der Waals surface area contributed by atoms with Gasteiger partial charge in [0.05, 0.1) is 0 Å². The zero-order chi connectivity index (χ0) is 4.12. The van der Waals surface area contributed by atoms with Crippen molar-refractivity contribution in [3.63, 3.8) is 0 Å². The van der Waals surface area contributed by atoms with E-state index >= 15 is 0 Å². The average Bonchev–Trinajstić information content (AvgIpc) is 1.41. The summed E-state index contributed by atoms with van der Waals surface area (Å²) in [6.45, 7) is 0. The summed E-state index contributed by atoms with van der Waals surface area (Å²) < 4.78 is 0. The second-order valence-electron chi connectivity index (χ2n) is 0.589. The van der Waals surface area contributed by atoms with Gasteiger partial charge in [-0.05, 0) is 0 Å². The zero-order valence-corrected chi connectivity index (χ0v) is 18.4. The van der Waals surface area contributed by atoms with E-state index in [0.717, 1.165) is 0 Å². The molecule has 0 spiro atoms. The van der Waals surface area contributed by atoms with E-state index in [1.807, 2.05) is 9.58 Å². The van der Waals surface area contributed by atoms with Crippen LogP contribution in [0.15, 0.2) is 0 Å². The molecule has 0 atom stereocenters. The van der Waals surface area contributed by atoms with Crippen molar-refractivity contribution < 1.29 is 78.1 Å². The Kier molecular flexibility index (Phi) is 22.6. The van der Waals surface area contributed by atoms with Gasteiger partial charge >= 0.3 is 60.4 Å². The van der Waals surface area contributed by atoms with E-state index in [9.17, 15) is 0 Å². The third kappa shape index (κ3) is 10.4. The topological polar surface area (TPSA) is 0 Å². The summed E-state index contributed by atoms with van der Waals surface area (Å²) in [6, 6.07) is 0. The fraction of sp³-hybridized carbons (Fsp3) is 0. The molecule has 0 rings (SSSR count). The molecule has 0 aromatic heterocycles. The first kappa shape index (κ1) is 12.1. The minimum absolute atomic E-state index is 0. The van der Waals surface area contributed by atoms with Gasteiger partial charge < -0.3 is 0 Å². The molecule has 0 aromatic rings. The molecule has 0 unspecified atom stereocenters. The van der Waals surface area contributed by atoms with Gasteiger partial charge in [-0.15, -0.1) is 0 Å². The van der Waals surface area contributed by atoms with Crippen LogP contribution in [0.3, 0.4) is 0 Å². The molecule has 18 valence electrons. The molecular weight excluding hydrogens is 371 g/mol. The van der Waals surface area contributed by atoms with Crippen LogP contribution in [-0.4, -0.2) is 0 Å². The third-order valence-corrected chi connectivity index (χ3v) is 48.6. The van der Waals surface area contributed by atoms with Crippen LogP contribution in [-0.2, 0) is 78.1 Å². The van der Waals surface area contributed by atoms with E-state index in [1.165, 1.54) is 0 Å². The maximum atomic E-state index is 1.86. The van der Waals surface area contributed by atoms with Crippen molar-refractivity contribution in [3.8, 4) is 0 Å². The van der Waals surface area contributed by atoms with Gasteiger partial charge in [0.25, 0.3) is 0 Å². The fourth-order valence-corrected chi connectivity index (χ4v) is 89.3. The summed E-state index contributed by atoms with van der Waals surface area (Å²) in [5.74, 6) is 0. The molecule has 0 aliphatic carbocycles. The van der Waals surface area contributed by atoms with Crippen LogP contribution in [0, 0.1) is 0 Å². The number of hydrogen-bond acceptors (Lipinski definition) is 0. The van der Waals surface area contributed by atoms with Crippen LogP contribution in [0.25, 0.3) is 0 Å². The molecule has 0 nitrogen and oxygen atoms in total. The van der Waals surface area contributed by atoms with Crippen LogP contribution < -0.4 is 0 Å². The van der Waals surface area contributed by atoms with Gasteiger partial charge in [0.2, 0.25) is 0 Å². The standard InChI is InChI=1S/Cd.2P.3Zn. The molecule has 0 saturated carbocycles. The van der Waals surface area contributed by atoms with E-state index in [2.05, 4.69) is 0 Å². The van der Waals surface area contributed by atoms with E-state index in [4.69, 9.17) is 0 Å². The van der Waals surface area contributed by atoms with Crippen molar-refractivity contribution in [2.45, 2.75) is 0 Å². The summed E-state index contributed by atoms with van der Waals surface area (Å²) in [5, 5.41) is 0. The summed E-state index contributed by atoms with van der Waals surface area (Å²) in [5.41, 5.74) is 0. The maximum absolute atomic E-state index is 1.86. The van der Waals surface area contributed by atoms with Crippen molar-refractivity contribution in [2.24, 2.45) is 0 Å². The molecular formula is CdP2Zn3. The van der Waals surface area contributed by atoms with E-state index < -0.39 is 0 Å². The Balaban J connectivity index is 0. The summed E-state index contributed by atoms with van der Waals surface area (Å²) in [7, 11) is 0. The predicted octanol–water partition coefficient (Wildman–Crippen LogP) is 1.71. The van der Waals surface area contributed by atoms with Gasteiger partial charge in [0, 0.05) is 27.3 Å². The van der Waals surface area contributed by atoms with E-state index in [1.54, 1.807) is 34.7 Å². The number of hydrogen-bond donors (Lipinski definition) is 0. The van der Waals surface area contributed by atoms with Crippen LogP contribution in [0.1, 0.15) is 0 Å². The van der Waals surface area contributed by atoms with Crippen molar-refractivity contribution in [3.05, 3.63) is 0 Å². The quantitative estimate of drug-likeness (QED) is 0.513. The van der Waals surface area contributed by atoms with Gasteiger partial charge in [-0.3, -0.25) is 0 Å². The van der Waals surface area contributed by atoms with Crippen molar-refractivity contribution >= 4 is 9.58 Å². The van der Waals surface area contributed by atoms with E-state index in [0.29, 0.717) is 0 Å². The van der Waals surface area contributed by atoms with Crippen LogP contribution in [0.5, 0.6) is 0 Å². The molecule has 0 aromatic carbocycles. The van der Waals surface area contributed by atoms with Gasteiger partial charge in [-0.2, -0.15) is 0 Å². The summed E-state index contributed by atoms with van der Waals surface area (Å²) >= 11 is 3.25. The van der Waals surface area contributed by atoms with Crippen LogP contribution in [0.2, 0.25) is 0 Å². The van der Waals surface area contributed by atoms with Gasteiger partial charge in [-0.25, -0.2) is 0 Å². The van der Waals surface area contributed by atoms with Crippen molar-refractivity contribution in [1.29, 1.82) is 0 Å². The Labute approximate surface area is 86.0 Å². The second kappa shape index (κ2) is 11.2. The monoisotopic (exact) mass is 368 g/mol. The molecule has 0 amide bonds. The molecule has 0 aliphatic rings. The molecule has 0 radical (unpaired) electrons. The SMILES string of the molecule is [Cd].[Zn]=[P][Zn][P]=[Zn]. The third-order valence-electron chi connectivity index (χ3n) is 0.200. The Hall–Kier alpha value is 3.39. The van der Waals surface area contributed by atoms with Crippen molar-refractivity contribution in [1.82, 2.24) is 0 Å². The fourth-order valence-electron chi connectivity index (χ4n) is 0.0707. The summed E-state index contributed by atoms with van der Waals surface area (Å²) in [4.78, 5) is 3.72. The van der Waals surface area contributed by atoms with E-state index in [-0.39, 0.29) is 43.5 Å². The zero-order valence-electron chi connectivity index (χ0n) is 3.72. The minimum atomic E-state index is 0. The Morgan fingerprint density at radius 2 is 1.50 bits per heavy atom. The van der Waals surface area contributed by atoms with Crippen molar-refractivity contribution in [2.75, 3.05) is 0 Å². The first-order valence-corrected chi connectivity index (χ1v) is 19.7. The molecule has 0 bridgehead atoms. The summed E-state index contributed by atoms with van der Waals surface area (Å²) in [6.07, 6.45) is 0. The Morgan fingerprint density at radius 1 is 1.17 bits per heavy atom. The van der Waals surface area contributed by atoms with Gasteiger partial charge in [-0.1, -0.05) is 0 Å². The van der Waals surface area contributed by atoms with Crippen LogP contribution in [0.4, 0.5) is 0 Å². The molecule has 0 N–H and O–H groups in total. The van der Waals surface area contributed by atoms with Crippen LogP contribution >= 0.6 is 9.58 Å². The molecule has 6 heavy (non-hydrogen) atoms. The molecule has 0 saturated heterocycles. The number of rotatable bonds is 2. The Bertz CT molecular complexity index is 38.1. The first-order chi connectivity index (χ1) is 2.41. The first-order valence-electron chi connectivity index (χ1n) is 1.26. The van der Waals surface area contributed by atoms with Gasteiger partial charge in [0.1, 0.15) is 0 Å². The molecule has 0 fully saturated rings. The van der Waals surface area contributed by atoms with Gasteiger partial charge in [0.15, 0.2) is 0 Å². The normalized spacial score (nSPS) is 7.33. The molecule has 6 heteroatoms. The second-order valence-corrected chi connectivity index (χ2v) is 42.8. The molecule has 0 aliphatic heterocycles. The predicted molar refractivity (Wildman–Crippen MR) is 13.8 cm³/mol. The average molecular weight is 371 g/mol.